The van der Waals surface area contributed by atoms with Gasteiger partial charge in [0.2, 0.25) is 0 Å². The number of hydrogen-bond donors (Lipinski definition) is 1. The third-order valence-electron chi connectivity index (χ3n) is 1.57. The van der Waals surface area contributed by atoms with Crippen LogP contribution in [0.2, 0.25) is 0 Å². The number of carbonyl (C=O) groups is 1. The van der Waals surface area contributed by atoms with Crippen LogP contribution in [0.15, 0.2) is 17.1 Å². The second kappa shape index (κ2) is 4.69. The molecule has 0 saturated heterocycles. The van der Waals surface area contributed by atoms with E-state index in [0.717, 1.165) is 5.69 Å². The van der Waals surface area contributed by atoms with Gasteiger partial charge >= 0.3 is 0 Å². The maximum atomic E-state index is 11.6. The van der Waals surface area contributed by atoms with Gasteiger partial charge < -0.3 is 0 Å². The molecule has 0 fully saturated rings. The minimum Gasteiger partial charge on any atom is -0.297 e. The lowest BCUT2D eigenvalue weighted by atomic mass is 10.5. The molecule has 0 saturated carbocycles. The minimum absolute atomic E-state index is 0.187. The molecule has 2 heterocycles. The van der Waals surface area contributed by atoms with Gasteiger partial charge in [-0.05, 0) is 0 Å². The van der Waals surface area contributed by atoms with Crippen molar-refractivity contribution in [3.63, 3.8) is 0 Å². The number of nitrogens with one attached hydrogen (secondary N) is 1. The molecular formula is C8H6ClN3OS2. The van der Waals surface area contributed by atoms with Gasteiger partial charge in [0.05, 0.1) is 23.3 Å². The van der Waals surface area contributed by atoms with E-state index >= 15 is 0 Å². The summed E-state index contributed by atoms with van der Waals surface area (Å²) in [4.78, 5) is 20.1. The Morgan fingerprint density at radius 1 is 1.53 bits per heavy atom. The Balaban J connectivity index is 2.06. The summed E-state index contributed by atoms with van der Waals surface area (Å²) in [5.41, 5.74) is 2.38. The zero-order chi connectivity index (χ0) is 10.7. The van der Waals surface area contributed by atoms with Gasteiger partial charge in [-0.25, -0.2) is 4.98 Å². The van der Waals surface area contributed by atoms with Crippen molar-refractivity contribution in [1.29, 1.82) is 0 Å². The first-order valence-corrected chi connectivity index (χ1v) is 6.29. The number of nitrogens with zero attached hydrogens (tertiary/aromatic N) is 2. The fraction of sp³-hybridized carbons (Fsp3) is 0.125. The summed E-state index contributed by atoms with van der Waals surface area (Å²) in [6, 6.07) is 0. The summed E-state index contributed by atoms with van der Waals surface area (Å²) in [6.45, 7) is 0. The van der Waals surface area contributed by atoms with Gasteiger partial charge in [-0.15, -0.1) is 34.3 Å². The summed E-state index contributed by atoms with van der Waals surface area (Å²) in [5, 5.41) is 5.05. The monoisotopic (exact) mass is 259 g/mol. The predicted octanol–water partition coefficient (Wildman–Crippen LogP) is 2.59. The van der Waals surface area contributed by atoms with Gasteiger partial charge in [0.15, 0.2) is 5.13 Å². The SMILES string of the molecule is O=C(Nc1nc(CCl)cs1)c1cncs1. The fourth-order valence-corrected chi connectivity index (χ4v) is 2.36. The van der Waals surface area contributed by atoms with E-state index in [9.17, 15) is 4.79 Å². The van der Waals surface area contributed by atoms with Crippen LogP contribution >= 0.6 is 34.3 Å². The largest absolute Gasteiger partial charge is 0.297 e. The number of hydrogen-bond acceptors (Lipinski definition) is 5. The normalized spacial score (nSPS) is 10.2. The number of alkyl halides is 1. The Labute approximate surface area is 99.0 Å². The number of thiazole rings is 2. The second-order valence-electron chi connectivity index (χ2n) is 2.60. The highest BCUT2D eigenvalue weighted by molar-refractivity contribution is 7.14. The number of halogens is 1. The number of aromatic nitrogens is 2. The summed E-state index contributed by atoms with van der Waals surface area (Å²) in [6.07, 6.45) is 1.52. The third-order valence-corrected chi connectivity index (χ3v) is 3.42. The Morgan fingerprint density at radius 3 is 3.00 bits per heavy atom. The molecule has 2 aromatic rings. The summed E-state index contributed by atoms with van der Waals surface area (Å²) in [7, 11) is 0. The minimum atomic E-state index is -0.187. The lowest BCUT2D eigenvalue weighted by Gasteiger charge is -1.96. The van der Waals surface area contributed by atoms with Crippen LogP contribution < -0.4 is 5.32 Å². The molecular weight excluding hydrogens is 254 g/mol. The molecule has 0 unspecified atom stereocenters. The zero-order valence-electron chi connectivity index (χ0n) is 7.44. The molecule has 0 aliphatic rings. The lowest BCUT2D eigenvalue weighted by Crippen LogP contribution is -2.09. The molecule has 4 nitrogen and oxygen atoms in total. The topological polar surface area (TPSA) is 54.9 Å². The molecule has 0 radical (unpaired) electrons. The van der Waals surface area contributed by atoms with Crippen molar-refractivity contribution in [2.75, 3.05) is 5.32 Å². The Bertz CT molecular complexity index is 454. The van der Waals surface area contributed by atoms with E-state index in [4.69, 9.17) is 11.6 Å². The van der Waals surface area contributed by atoms with Crippen LogP contribution in [0.3, 0.4) is 0 Å². The summed E-state index contributed by atoms with van der Waals surface area (Å²) < 4.78 is 0. The molecule has 2 rings (SSSR count). The first-order valence-electron chi connectivity index (χ1n) is 4.00. The van der Waals surface area contributed by atoms with Crippen LogP contribution in [-0.2, 0) is 5.88 Å². The Kier molecular flexibility index (Phi) is 3.30. The molecule has 0 aromatic carbocycles. The van der Waals surface area contributed by atoms with Crippen molar-refractivity contribution in [3.8, 4) is 0 Å². The van der Waals surface area contributed by atoms with Crippen LogP contribution in [0.4, 0.5) is 5.13 Å². The maximum Gasteiger partial charge on any atom is 0.269 e. The molecule has 15 heavy (non-hydrogen) atoms. The Hall–Kier alpha value is -0.980. The molecule has 0 bridgehead atoms. The highest BCUT2D eigenvalue weighted by atomic mass is 35.5. The van der Waals surface area contributed by atoms with Crippen molar-refractivity contribution in [2.45, 2.75) is 5.88 Å². The van der Waals surface area contributed by atoms with Gasteiger partial charge in [-0.3, -0.25) is 15.1 Å². The smallest absolute Gasteiger partial charge is 0.269 e. The van der Waals surface area contributed by atoms with E-state index in [0.29, 0.717) is 15.9 Å². The van der Waals surface area contributed by atoms with Crippen LogP contribution in [0.1, 0.15) is 15.4 Å². The quantitative estimate of drug-likeness (QED) is 0.862. The van der Waals surface area contributed by atoms with Gasteiger partial charge in [-0.2, -0.15) is 0 Å². The number of carbonyl (C=O) groups excluding carboxylic acids is 1. The molecule has 0 atom stereocenters. The molecule has 0 aliphatic carbocycles. The third kappa shape index (κ3) is 2.53. The molecule has 0 spiro atoms. The average Bonchev–Trinajstić information content (AvgIpc) is 2.87. The molecule has 7 heteroatoms. The summed E-state index contributed by atoms with van der Waals surface area (Å²) >= 11 is 8.25. The van der Waals surface area contributed by atoms with Crippen LogP contribution in [0, 0.1) is 0 Å². The van der Waals surface area contributed by atoms with Crippen molar-refractivity contribution in [2.24, 2.45) is 0 Å². The van der Waals surface area contributed by atoms with E-state index < -0.39 is 0 Å². The molecule has 0 aliphatic heterocycles. The van der Waals surface area contributed by atoms with Crippen molar-refractivity contribution < 1.29 is 4.79 Å². The summed E-state index contributed by atoms with van der Waals surface area (Å²) in [5.74, 6) is 0.167. The van der Waals surface area contributed by atoms with Crippen molar-refractivity contribution in [3.05, 3.63) is 27.7 Å². The molecule has 2 aromatic heterocycles. The maximum absolute atomic E-state index is 11.6. The van der Waals surface area contributed by atoms with Crippen LogP contribution in [-0.4, -0.2) is 15.9 Å². The number of amides is 1. The number of rotatable bonds is 3. The van der Waals surface area contributed by atoms with Gasteiger partial charge in [0.1, 0.15) is 4.88 Å². The van der Waals surface area contributed by atoms with Gasteiger partial charge in [0.25, 0.3) is 5.91 Å². The molecule has 1 amide bonds. The second-order valence-corrected chi connectivity index (χ2v) is 4.61. The van der Waals surface area contributed by atoms with Gasteiger partial charge in [-0.1, -0.05) is 0 Å². The lowest BCUT2D eigenvalue weighted by molar-refractivity contribution is 0.103. The molecule has 1 N–H and O–H groups in total. The average molecular weight is 260 g/mol. The predicted molar refractivity (Wildman–Crippen MR) is 61.7 cm³/mol. The van der Waals surface area contributed by atoms with E-state index in [1.54, 1.807) is 5.51 Å². The number of anilines is 1. The van der Waals surface area contributed by atoms with E-state index in [-0.39, 0.29) is 5.91 Å². The molecule has 78 valence electrons. The van der Waals surface area contributed by atoms with E-state index in [1.165, 1.54) is 28.9 Å². The van der Waals surface area contributed by atoms with E-state index in [1.807, 2.05) is 5.38 Å². The first-order chi connectivity index (χ1) is 7.29. The zero-order valence-corrected chi connectivity index (χ0v) is 9.83. The highest BCUT2D eigenvalue weighted by Gasteiger charge is 2.09. The standard InChI is InChI=1S/C8H6ClN3OS2/c9-1-5-3-14-8(11-5)12-7(13)6-2-10-4-15-6/h2-4H,1H2,(H,11,12,13). The van der Waals surface area contributed by atoms with Crippen molar-refractivity contribution in [1.82, 2.24) is 9.97 Å². The highest BCUT2D eigenvalue weighted by Crippen LogP contribution is 2.18. The van der Waals surface area contributed by atoms with Crippen LogP contribution in [0.5, 0.6) is 0 Å². The first kappa shape index (κ1) is 10.5. The van der Waals surface area contributed by atoms with E-state index in [2.05, 4.69) is 15.3 Å². The van der Waals surface area contributed by atoms with Crippen molar-refractivity contribution >= 4 is 45.3 Å². The Morgan fingerprint density at radius 2 is 2.40 bits per heavy atom. The van der Waals surface area contributed by atoms with Crippen LogP contribution in [0.25, 0.3) is 0 Å². The fourth-order valence-electron chi connectivity index (χ4n) is 0.912. The van der Waals surface area contributed by atoms with Gasteiger partial charge in [0, 0.05) is 5.38 Å².